The van der Waals surface area contributed by atoms with Crippen molar-refractivity contribution in [1.82, 2.24) is 5.32 Å². The summed E-state index contributed by atoms with van der Waals surface area (Å²) in [5.41, 5.74) is 2.93. The first kappa shape index (κ1) is 18.8. The molecule has 1 amide bonds. The Labute approximate surface area is 164 Å². The van der Waals surface area contributed by atoms with E-state index in [-0.39, 0.29) is 17.4 Å². The Morgan fingerprint density at radius 2 is 1.56 bits per heavy atom. The number of hydrogen-bond donors (Lipinski definition) is 1. The van der Waals surface area contributed by atoms with Crippen molar-refractivity contribution in [3.05, 3.63) is 41.5 Å². The third-order valence-corrected chi connectivity index (χ3v) is 7.57. The van der Waals surface area contributed by atoms with E-state index in [4.69, 9.17) is 0 Å². The summed E-state index contributed by atoms with van der Waals surface area (Å²) < 4.78 is 0. The lowest BCUT2D eigenvalue weighted by Gasteiger charge is -2.59. The number of amides is 1. The van der Waals surface area contributed by atoms with Crippen molar-refractivity contribution in [2.75, 3.05) is 0 Å². The van der Waals surface area contributed by atoms with E-state index in [1.807, 2.05) is 6.08 Å². The molecular weight excluding hydrogens is 330 g/mol. The Hall–Kier alpha value is -1.57. The van der Waals surface area contributed by atoms with Crippen molar-refractivity contribution < 1.29 is 4.79 Å². The molecule has 0 aromatic heterocycles. The van der Waals surface area contributed by atoms with Gasteiger partial charge in [-0.25, -0.2) is 0 Å². The molecule has 4 aliphatic carbocycles. The zero-order valence-corrected chi connectivity index (χ0v) is 17.4. The van der Waals surface area contributed by atoms with Gasteiger partial charge in [0.15, 0.2) is 0 Å². The number of hydrogen-bond acceptors (Lipinski definition) is 1. The summed E-state index contributed by atoms with van der Waals surface area (Å²) in [7, 11) is 0. The van der Waals surface area contributed by atoms with Crippen LogP contribution in [0.25, 0.3) is 6.08 Å². The smallest absolute Gasteiger partial charge is 0.244 e. The van der Waals surface area contributed by atoms with Gasteiger partial charge in [0.1, 0.15) is 0 Å². The van der Waals surface area contributed by atoms with E-state index < -0.39 is 0 Å². The molecule has 0 aliphatic heterocycles. The zero-order chi connectivity index (χ0) is 19.2. The first-order chi connectivity index (χ1) is 12.7. The van der Waals surface area contributed by atoms with E-state index >= 15 is 0 Å². The second kappa shape index (κ2) is 6.79. The number of benzene rings is 1. The van der Waals surface area contributed by atoms with E-state index in [0.717, 1.165) is 23.3 Å². The Bertz CT molecular complexity index is 686. The van der Waals surface area contributed by atoms with Crippen LogP contribution in [0.15, 0.2) is 30.3 Å². The molecule has 5 rings (SSSR count). The van der Waals surface area contributed by atoms with E-state index in [1.165, 1.54) is 44.1 Å². The minimum atomic E-state index is 0.0538. The van der Waals surface area contributed by atoms with Crippen LogP contribution < -0.4 is 5.32 Å². The Morgan fingerprint density at radius 1 is 1.04 bits per heavy atom. The second-order valence-electron chi connectivity index (χ2n) is 10.7. The largest absolute Gasteiger partial charge is 0.350 e. The maximum Gasteiger partial charge on any atom is 0.244 e. The number of nitrogens with one attached hydrogen (secondary N) is 1. The molecule has 27 heavy (non-hydrogen) atoms. The summed E-state index contributed by atoms with van der Waals surface area (Å²) in [6.45, 7) is 8.91. The van der Waals surface area contributed by atoms with Crippen LogP contribution in [-0.2, 0) is 10.2 Å². The summed E-state index contributed by atoms with van der Waals surface area (Å²) >= 11 is 0. The van der Waals surface area contributed by atoms with Crippen LogP contribution in [0.3, 0.4) is 0 Å². The average Bonchev–Trinajstić information content (AvgIpc) is 2.58. The SMILES string of the molecule is CC(NC(=O)C=Cc1ccc(C(C)(C)C)cc1)C12CC3CC(CC(C3)C1)C2. The molecule has 1 unspecified atom stereocenters. The summed E-state index contributed by atoms with van der Waals surface area (Å²) in [6.07, 6.45) is 12.0. The van der Waals surface area contributed by atoms with Crippen molar-refractivity contribution in [3.63, 3.8) is 0 Å². The monoisotopic (exact) mass is 365 g/mol. The molecule has 1 atom stereocenters. The quantitative estimate of drug-likeness (QED) is 0.679. The van der Waals surface area contributed by atoms with Gasteiger partial charge in [-0.15, -0.1) is 0 Å². The number of carbonyl (C=O) groups is 1. The number of carbonyl (C=O) groups excluding carboxylic acids is 1. The van der Waals surface area contributed by atoms with E-state index in [2.05, 4.69) is 57.3 Å². The molecule has 0 radical (unpaired) electrons. The fourth-order valence-corrected chi connectivity index (χ4v) is 6.39. The standard InChI is InChI=1S/C25H35NO/c1-17(25-14-19-11-20(15-25)13-21(12-19)16-25)26-23(27)10-7-18-5-8-22(9-6-18)24(2,3)4/h5-10,17,19-21H,11-16H2,1-4H3,(H,26,27). The molecule has 4 bridgehead atoms. The van der Waals surface area contributed by atoms with Crippen LogP contribution in [0.5, 0.6) is 0 Å². The Balaban J connectivity index is 1.37. The summed E-state index contributed by atoms with van der Waals surface area (Å²) in [4.78, 5) is 12.5. The van der Waals surface area contributed by atoms with Crippen LogP contribution >= 0.6 is 0 Å². The van der Waals surface area contributed by atoms with Gasteiger partial charge in [0.05, 0.1) is 0 Å². The predicted octanol–water partition coefficient (Wildman–Crippen LogP) is 5.72. The first-order valence-electron chi connectivity index (χ1n) is 10.8. The number of rotatable bonds is 4. The lowest BCUT2D eigenvalue weighted by Crippen LogP contribution is -2.55. The summed E-state index contributed by atoms with van der Waals surface area (Å²) in [5, 5.41) is 3.32. The molecule has 4 aliphatic rings. The summed E-state index contributed by atoms with van der Waals surface area (Å²) in [5.74, 6) is 2.82. The lowest BCUT2D eigenvalue weighted by atomic mass is 9.48. The minimum Gasteiger partial charge on any atom is -0.350 e. The third-order valence-electron chi connectivity index (χ3n) is 7.57. The van der Waals surface area contributed by atoms with Crippen LogP contribution in [0, 0.1) is 23.2 Å². The van der Waals surface area contributed by atoms with Gasteiger partial charge in [0.2, 0.25) is 5.91 Å². The molecule has 2 heteroatoms. The molecule has 0 spiro atoms. The van der Waals surface area contributed by atoms with Gasteiger partial charge in [-0.05, 0) is 91.2 Å². The van der Waals surface area contributed by atoms with Gasteiger partial charge < -0.3 is 5.32 Å². The summed E-state index contributed by atoms with van der Waals surface area (Å²) in [6, 6.07) is 8.82. The average molecular weight is 366 g/mol. The van der Waals surface area contributed by atoms with Crippen LogP contribution in [0.1, 0.15) is 77.3 Å². The molecule has 0 saturated heterocycles. The van der Waals surface area contributed by atoms with Crippen molar-refractivity contribution >= 4 is 12.0 Å². The van der Waals surface area contributed by atoms with Crippen molar-refractivity contribution in [3.8, 4) is 0 Å². The maximum absolute atomic E-state index is 12.5. The first-order valence-corrected chi connectivity index (χ1v) is 10.8. The van der Waals surface area contributed by atoms with E-state index in [9.17, 15) is 4.79 Å². The van der Waals surface area contributed by atoms with Crippen LogP contribution in [0.4, 0.5) is 0 Å². The fourth-order valence-electron chi connectivity index (χ4n) is 6.39. The van der Waals surface area contributed by atoms with Gasteiger partial charge in [-0.2, -0.15) is 0 Å². The molecule has 4 saturated carbocycles. The molecule has 0 heterocycles. The van der Waals surface area contributed by atoms with Crippen LogP contribution in [0.2, 0.25) is 0 Å². The maximum atomic E-state index is 12.5. The molecule has 4 fully saturated rings. The van der Waals surface area contributed by atoms with Crippen molar-refractivity contribution in [2.24, 2.45) is 23.2 Å². The van der Waals surface area contributed by atoms with Crippen LogP contribution in [-0.4, -0.2) is 11.9 Å². The molecule has 1 N–H and O–H groups in total. The van der Waals surface area contributed by atoms with Gasteiger partial charge in [0, 0.05) is 12.1 Å². The van der Waals surface area contributed by atoms with Crippen molar-refractivity contribution in [2.45, 2.75) is 77.7 Å². The van der Waals surface area contributed by atoms with Gasteiger partial charge in [-0.1, -0.05) is 45.0 Å². The van der Waals surface area contributed by atoms with E-state index in [0.29, 0.717) is 5.41 Å². The second-order valence-corrected chi connectivity index (χ2v) is 10.7. The molecule has 1 aromatic carbocycles. The minimum absolute atomic E-state index is 0.0538. The molecular formula is C25H35NO. The van der Waals surface area contributed by atoms with Gasteiger partial charge >= 0.3 is 0 Å². The predicted molar refractivity (Wildman–Crippen MR) is 112 cm³/mol. The lowest BCUT2D eigenvalue weighted by molar-refractivity contribution is -0.121. The molecule has 146 valence electrons. The van der Waals surface area contributed by atoms with Gasteiger partial charge in [-0.3, -0.25) is 4.79 Å². The Kier molecular flexibility index (Phi) is 4.72. The molecule has 2 nitrogen and oxygen atoms in total. The topological polar surface area (TPSA) is 29.1 Å². The molecule has 1 aromatic rings. The highest BCUT2D eigenvalue weighted by Gasteiger charge is 2.53. The third kappa shape index (κ3) is 3.86. The highest BCUT2D eigenvalue weighted by molar-refractivity contribution is 5.91. The zero-order valence-electron chi connectivity index (χ0n) is 17.4. The van der Waals surface area contributed by atoms with Gasteiger partial charge in [0.25, 0.3) is 0 Å². The Morgan fingerprint density at radius 3 is 2.04 bits per heavy atom. The van der Waals surface area contributed by atoms with E-state index in [1.54, 1.807) is 6.08 Å². The fraction of sp³-hybridized carbons (Fsp3) is 0.640. The van der Waals surface area contributed by atoms with Crippen molar-refractivity contribution in [1.29, 1.82) is 0 Å². The highest BCUT2D eigenvalue weighted by Crippen LogP contribution is 2.61. The normalized spacial score (nSPS) is 33.4. The highest BCUT2D eigenvalue weighted by atomic mass is 16.1.